The Labute approximate surface area is 210 Å². The number of hydrogen-bond donors (Lipinski definition) is 3. The van der Waals surface area contributed by atoms with Gasteiger partial charge in [-0.1, -0.05) is 50.5 Å². The number of aryl methyl sites for hydroxylation is 2. The van der Waals surface area contributed by atoms with Crippen molar-refractivity contribution in [3.63, 3.8) is 0 Å². The third-order valence-corrected chi connectivity index (χ3v) is 5.64. The Morgan fingerprint density at radius 2 is 1.76 bits per heavy atom. The summed E-state index contributed by atoms with van der Waals surface area (Å²) < 4.78 is 5.33. The number of alkyl carbamates (subject to hydrolysis) is 1. The van der Waals surface area contributed by atoms with E-state index in [1.54, 1.807) is 25.7 Å². The maximum atomic E-state index is 13.7. The average molecular weight is 494 g/mol. The molecule has 2 N–H and O–H groups in total. The number of ether oxygens (including phenoxy) is 1. The maximum absolute atomic E-state index is 13.7. The zero-order valence-corrected chi connectivity index (χ0v) is 22.8. The van der Waals surface area contributed by atoms with Crippen LogP contribution in [0, 0.1) is 13.8 Å². The van der Waals surface area contributed by atoms with Gasteiger partial charge in [-0.25, -0.2) is 4.79 Å². The fraction of sp³-hybridized carbons (Fsp3) is 0.654. The van der Waals surface area contributed by atoms with Gasteiger partial charge in [0.25, 0.3) is 0 Å². The number of amides is 3. The SMILES string of the molecule is CCCCCNC(=O)C(c1ccc(C)cc1C)N(CCC)C(=O)C(CS)NC(=O)OC(C)(C)C. The predicted molar refractivity (Wildman–Crippen MR) is 140 cm³/mol. The molecule has 0 heterocycles. The highest BCUT2D eigenvalue weighted by atomic mass is 32.1. The molecule has 0 saturated heterocycles. The Morgan fingerprint density at radius 3 is 2.29 bits per heavy atom. The molecule has 0 spiro atoms. The Morgan fingerprint density at radius 1 is 1.09 bits per heavy atom. The number of carbonyl (C=O) groups is 3. The Balaban J connectivity index is 3.31. The zero-order chi connectivity index (χ0) is 25.9. The second-order valence-corrected chi connectivity index (χ2v) is 10.0. The first kappa shape index (κ1) is 29.8. The molecule has 0 bridgehead atoms. The molecule has 2 unspecified atom stereocenters. The summed E-state index contributed by atoms with van der Waals surface area (Å²) in [6.45, 7) is 14.2. The van der Waals surface area contributed by atoms with Crippen LogP contribution in [0.3, 0.4) is 0 Å². The summed E-state index contributed by atoms with van der Waals surface area (Å²) in [5.41, 5.74) is 2.09. The monoisotopic (exact) mass is 493 g/mol. The highest BCUT2D eigenvalue weighted by molar-refractivity contribution is 7.80. The molecule has 1 rings (SSSR count). The molecule has 1 aromatic rings. The van der Waals surface area contributed by atoms with E-state index in [1.165, 1.54) is 0 Å². The minimum absolute atomic E-state index is 0.0794. The smallest absolute Gasteiger partial charge is 0.408 e. The summed E-state index contributed by atoms with van der Waals surface area (Å²) in [6, 6.07) is 4.14. The first-order valence-electron chi connectivity index (χ1n) is 12.2. The zero-order valence-electron chi connectivity index (χ0n) is 21.9. The number of unbranched alkanes of at least 4 members (excludes halogenated alkanes) is 2. The molecule has 0 aromatic heterocycles. The van der Waals surface area contributed by atoms with Crippen LogP contribution in [-0.4, -0.2) is 53.3 Å². The average Bonchev–Trinajstić information content (AvgIpc) is 2.74. The van der Waals surface area contributed by atoms with Crippen molar-refractivity contribution in [3.8, 4) is 0 Å². The number of benzene rings is 1. The third-order valence-electron chi connectivity index (χ3n) is 5.28. The molecular weight excluding hydrogens is 450 g/mol. The van der Waals surface area contributed by atoms with Crippen molar-refractivity contribution in [2.24, 2.45) is 0 Å². The molecule has 192 valence electrons. The summed E-state index contributed by atoms with van der Waals surface area (Å²) in [4.78, 5) is 41.0. The normalized spacial score (nSPS) is 13.1. The van der Waals surface area contributed by atoms with Crippen LogP contribution in [-0.2, 0) is 14.3 Å². The Hall–Kier alpha value is -2.22. The molecule has 2 atom stereocenters. The van der Waals surface area contributed by atoms with Gasteiger partial charge in [0.1, 0.15) is 17.7 Å². The van der Waals surface area contributed by atoms with Crippen molar-refractivity contribution < 1.29 is 19.1 Å². The van der Waals surface area contributed by atoms with Crippen molar-refractivity contribution >= 4 is 30.5 Å². The Bertz CT molecular complexity index is 823. The van der Waals surface area contributed by atoms with Crippen LogP contribution >= 0.6 is 12.6 Å². The first-order valence-corrected chi connectivity index (χ1v) is 12.8. The molecule has 0 fully saturated rings. The van der Waals surface area contributed by atoms with E-state index in [9.17, 15) is 14.4 Å². The fourth-order valence-electron chi connectivity index (χ4n) is 3.71. The lowest BCUT2D eigenvalue weighted by molar-refractivity contribution is -0.142. The van der Waals surface area contributed by atoms with Crippen molar-refractivity contribution in [1.29, 1.82) is 0 Å². The number of nitrogens with zero attached hydrogens (tertiary/aromatic N) is 1. The second kappa shape index (κ2) is 14.2. The van der Waals surface area contributed by atoms with Crippen LogP contribution in [0.15, 0.2) is 18.2 Å². The topological polar surface area (TPSA) is 87.7 Å². The van der Waals surface area contributed by atoms with Crippen molar-refractivity contribution in [2.75, 3.05) is 18.8 Å². The van der Waals surface area contributed by atoms with Gasteiger partial charge in [-0.15, -0.1) is 0 Å². The molecule has 34 heavy (non-hydrogen) atoms. The fourth-order valence-corrected chi connectivity index (χ4v) is 3.96. The van der Waals surface area contributed by atoms with Gasteiger partial charge in [-0.3, -0.25) is 9.59 Å². The summed E-state index contributed by atoms with van der Waals surface area (Å²) in [5.74, 6) is -0.507. The van der Waals surface area contributed by atoms with Crippen molar-refractivity contribution in [3.05, 3.63) is 34.9 Å². The van der Waals surface area contributed by atoms with Crippen molar-refractivity contribution in [2.45, 2.75) is 91.8 Å². The first-order chi connectivity index (χ1) is 15.9. The van der Waals surface area contributed by atoms with E-state index in [0.717, 1.165) is 36.0 Å². The van der Waals surface area contributed by atoms with Crippen molar-refractivity contribution in [1.82, 2.24) is 15.5 Å². The van der Waals surface area contributed by atoms with E-state index in [0.29, 0.717) is 19.5 Å². The van der Waals surface area contributed by atoms with Crippen LogP contribution < -0.4 is 10.6 Å². The van der Waals surface area contributed by atoms with E-state index in [1.807, 2.05) is 39.0 Å². The number of hydrogen-bond acceptors (Lipinski definition) is 5. The van der Waals surface area contributed by atoms with Crippen LogP contribution in [0.4, 0.5) is 4.79 Å². The largest absolute Gasteiger partial charge is 0.444 e. The molecular formula is C26H43N3O4S. The third kappa shape index (κ3) is 9.57. The summed E-state index contributed by atoms with van der Waals surface area (Å²) in [5, 5.41) is 5.65. The summed E-state index contributed by atoms with van der Waals surface area (Å²) >= 11 is 4.31. The molecule has 0 aliphatic carbocycles. The van der Waals surface area contributed by atoms with Gasteiger partial charge in [0, 0.05) is 18.8 Å². The lowest BCUT2D eigenvalue weighted by atomic mass is 9.96. The van der Waals surface area contributed by atoms with Gasteiger partial charge in [-0.05, 0) is 58.6 Å². The molecule has 1 aromatic carbocycles. The Kier molecular flexibility index (Phi) is 12.5. The van der Waals surface area contributed by atoms with Gasteiger partial charge >= 0.3 is 6.09 Å². The van der Waals surface area contributed by atoms with Gasteiger partial charge in [0.15, 0.2) is 0 Å². The maximum Gasteiger partial charge on any atom is 0.408 e. The molecule has 0 aliphatic heterocycles. The molecule has 0 aliphatic rings. The van der Waals surface area contributed by atoms with Crippen LogP contribution in [0.25, 0.3) is 0 Å². The number of rotatable bonds is 12. The van der Waals surface area contributed by atoms with Crippen LogP contribution in [0.2, 0.25) is 0 Å². The molecule has 8 heteroatoms. The molecule has 0 saturated carbocycles. The lowest BCUT2D eigenvalue weighted by Gasteiger charge is -2.34. The highest BCUT2D eigenvalue weighted by Crippen LogP contribution is 2.27. The van der Waals surface area contributed by atoms with E-state index < -0.39 is 23.8 Å². The number of carbonyl (C=O) groups excluding carboxylic acids is 3. The van der Waals surface area contributed by atoms with Gasteiger partial charge in [-0.2, -0.15) is 12.6 Å². The van der Waals surface area contributed by atoms with Gasteiger partial charge in [0.2, 0.25) is 11.8 Å². The summed E-state index contributed by atoms with van der Waals surface area (Å²) in [7, 11) is 0. The predicted octanol–water partition coefficient (Wildman–Crippen LogP) is 4.71. The number of nitrogens with one attached hydrogen (secondary N) is 2. The number of thiol groups is 1. The van der Waals surface area contributed by atoms with Gasteiger partial charge < -0.3 is 20.3 Å². The van der Waals surface area contributed by atoms with Crippen LogP contribution in [0.5, 0.6) is 0 Å². The highest BCUT2D eigenvalue weighted by Gasteiger charge is 2.36. The molecule has 0 radical (unpaired) electrons. The standard InChI is InChI=1S/C26H43N3O4S/c1-8-10-11-14-27-23(30)22(20-13-12-18(3)16-19(20)4)29(15-9-2)24(31)21(17-34)28-25(32)33-26(5,6)7/h12-13,16,21-22,34H,8-11,14-15,17H2,1-7H3,(H,27,30)(H,28,32). The van der Waals surface area contributed by atoms with Crippen LogP contribution in [0.1, 0.15) is 83.0 Å². The molecule has 7 nitrogen and oxygen atoms in total. The van der Waals surface area contributed by atoms with E-state index in [4.69, 9.17) is 4.74 Å². The minimum Gasteiger partial charge on any atom is -0.444 e. The van der Waals surface area contributed by atoms with E-state index in [-0.39, 0.29) is 17.6 Å². The summed E-state index contributed by atoms with van der Waals surface area (Å²) in [6.07, 6.45) is 2.92. The van der Waals surface area contributed by atoms with Gasteiger partial charge in [0.05, 0.1) is 0 Å². The minimum atomic E-state index is -0.925. The molecule has 3 amide bonds. The van der Waals surface area contributed by atoms with E-state index in [2.05, 4.69) is 30.2 Å². The second-order valence-electron chi connectivity index (χ2n) is 9.67. The quantitative estimate of drug-likeness (QED) is 0.291. The van der Waals surface area contributed by atoms with E-state index >= 15 is 0 Å². The lowest BCUT2D eigenvalue weighted by Crippen LogP contribution is -2.54.